The van der Waals surface area contributed by atoms with Crippen LogP contribution in [0.15, 0.2) is 22.7 Å². The van der Waals surface area contributed by atoms with Crippen molar-refractivity contribution >= 4 is 61.1 Å². The Balaban J connectivity index is -0.000000963. The predicted octanol–water partition coefficient (Wildman–Crippen LogP) is 4.91. The first-order chi connectivity index (χ1) is 7.53. The molecule has 0 bridgehead atoms. The molecule has 0 atom stereocenters. The number of hydrogen-bond acceptors (Lipinski definition) is 1. The Hall–Kier alpha value is 0.630. The maximum atomic E-state index is 14.1. The van der Waals surface area contributed by atoms with Crippen molar-refractivity contribution in [2.75, 3.05) is 4.23 Å². The number of halogens is 2. The van der Waals surface area contributed by atoms with Crippen molar-refractivity contribution in [3.63, 3.8) is 0 Å². The molecule has 18 heavy (non-hydrogen) atoms. The molecule has 0 spiro atoms. The van der Waals surface area contributed by atoms with Gasteiger partial charge >= 0.3 is 23.1 Å². The maximum Gasteiger partial charge on any atom is 2.00 e. The van der Waals surface area contributed by atoms with Crippen LogP contribution < -0.4 is 4.23 Å². The largest absolute Gasteiger partial charge is 2.00 e. The number of nitrogens with zero attached hydrogens (tertiary/aromatic N) is 1. The van der Waals surface area contributed by atoms with E-state index in [0.29, 0.717) is 0 Å². The second kappa shape index (κ2) is 6.39. The summed E-state index contributed by atoms with van der Waals surface area (Å²) in [6, 6.07) is 5.21. The number of benzene rings is 1. The van der Waals surface area contributed by atoms with Crippen molar-refractivity contribution in [2.45, 2.75) is 39.3 Å². The summed E-state index contributed by atoms with van der Waals surface area (Å²) in [6.07, 6.45) is 0. The Morgan fingerprint density at radius 3 is 1.89 bits per heavy atom. The van der Waals surface area contributed by atoms with Crippen LogP contribution in [0.3, 0.4) is 0 Å². The van der Waals surface area contributed by atoms with Crippen molar-refractivity contribution in [1.29, 1.82) is 0 Å². The van der Waals surface area contributed by atoms with Crippen LogP contribution in [0, 0.1) is 5.82 Å². The van der Waals surface area contributed by atoms with Gasteiger partial charge in [-0.3, -0.25) is 0 Å². The van der Waals surface area contributed by atoms with Crippen molar-refractivity contribution in [3.05, 3.63) is 28.5 Å². The first kappa shape index (κ1) is 18.6. The zero-order valence-electron chi connectivity index (χ0n) is 14.1. The van der Waals surface area contributed by atoms with Crippen molar-refractivity contribution < 1.29 is 7.24 Å². The number of hydrogen-bond donors (Lipinski definition) is 0. The van der Waals surface area contributed by atoms with Crippen molar-refractivity contribution in [3.8, 4) is 0 Å². The SMILES string of the molecule is C[Si](C)(C)N(c1cc(Br)ccc1F)[Si](C)(C)C.[H-].[H-].[Mg+2]. The molecule has 0 unspecified atom stereocenters. The van der Waals surface area contributed by atoms with E-state index in [4.69, 9.17) is 0 Å². The summed E-state index contributed by atoms with van der Waals surface area (Å²) in [5.41, 5.74) is 0.762. The van der Waals surface area contributed by atoms with E-state index in [0.717, 1.165) is 10.2 Å². The van der Waals surface area contributed by atoms with Gasteiger partial charge in [0.1, 0.15) is 22.3 Å². The summed E-state index contributed by atoms with van der Waals surface area (Å²) >= 11 is 3.44. The molecule has 0 aromatic heterocycles. The molecule has 0 N–H and O–H groups in total. The summed E-state index contributed by atoms with van der Waals surface area (Å²) in [4.78, 5) is 0. The van der Waals surface area contributed by atoms with Crippen LogP contribution in [0.25, 0.3) is 0 Å². The van der Waals surface area contributed by atoms with E-state index in [1.807, 2.05) is 6.07 Å². The van der Waals surface area contributed by atoms with E-state index in [2.05, 4.69) is 59.4 Å². The molecular weight excluding hydrogens is 338 g/mol. The first-order valence-corrected chi connectivity index (χ1v) is 13.5. The van der Waals surface area contributed by atoms with Gasteiger partial charge in [0.05, 0.1) is 5.69 Å². The molecule has 0 saturated heterocycles. The molecule has 1 rings (SSSR count). The Morgan fingerprint density at radius 1 is 1.06 bits per heavy atom. The van der Waals surface area contributed by atoms with Gasteiger partial charge in [-0.1, -0.05) is 55.2 Å². The molecule has 0 heterocycles. The Morgan fingerprint density at radius 2 is 1.50 bits per heavy atom. The third kappa shape index (κ3) is 4.63. The van der Waals surface area contributed by atoms with E-state index in [9.17, 15) is 4.39 Å². The van der Waals surface area contributed by atoms with Gasteiger partial charge in [0.2, 0.25) is 0 Å². The summed E-state index contributed by atoms with van der Waals surface area (Å²) in [7, 11) is -3.17. The Kier molecular flexibility index (Phi) is 6.61. The Bertz CT molecular complexity index is 411. The number of anilines is 1. The monoisotopic (exact) mass is 359 g/mol. The van der Waals surface area contributed by atoms with Crippen LogP contribution in [0.2, 0.25) is 39.3 Å². The molecule has 6 heteroatoms. The van der Waals surface area contributed by atoms with Gasteiger partial charge < -0.3 is 7.08 Å². The third-order valence-corrected chi connectivity index (χ3v) is 10.2. The zero-order chi connectivity index (χ0) is 13.4. The third-order valence-electron chi connectivity index (χ3n) is 2.49. The van der Waals surface area contributed by atoms with Crippen LogP contribution in [0.5, 0.6) is 0 Å². The standard InChI is InChI=1S/C12H21BrFNSi2.Mg.2H/c1-16(2,3)15(17(4,5)6)12-9-10(13)7-8-11(12)14;;;/h7-9H,1-6H3;;;/q;+2;2*-1. The van der Waals surface area contributed by atoms with Crippen molar-refractivity contribution in [1.82, 2.24) is 0 Å². The van der Waals surface area contributed by atoms with Crippen molar-refractivity contribution in [2.24, 2.45) is 0 Å². The molecule has 0 aliphatic carbocycles. The summed E-state index contributed by atoms with van der Waals surface area (Å²) < 4.78 is 17.4. The van der Waals surface area contributed by atoms with Crippen LogP contribution in [-0.2, 0) is 0 Å². The van der Waals surface area contributed by atoms with E-state index >= 15 is 0 Å². The molecule has 0 saturated carbocycles. The minimum Gasteiger partial charge on any atom is -1.00 e. The molecule has 0 fully saturated rings. The second-order valence-corrected chi connectivity index (χ2v) is 17.2. The van der Waals surface area contributed by atoms with Crippen LogP contribution in [-0.4, -0.2) is 39.5 Å². The van der Waals surface area contributed by atoms with E-state index < -0.39 is 16.5 Å². The average molecular weight is 361 g/mol. The van der Waals surface area contributed by atoms with Gasteiger partial charge in [0.15, 0.2) is 0 Å². The first-order valence-electron chi connectivity index (χ1n) is 5.79. The van der Waals surface area contributed by atoms with Gasteiger partial charge in [-0.05, 0) is 18.2 Å². The molecular formula is C12H23BrFMgNSi2. The van der Waals surface area contributed by atoms with Gasteiger partial charge in [-0.15, -0.1) is 0 Å². The molecule has 100 valence electrons. The summed E-state index contributed by atoms with van der Waals surface area (Å²) in [5, 5.41) is 0. The Labute approximate surface area is 140 Å². The number of rotatable bonds is 3. The van der Waals surface area contributed by atoms with Crippen LogP contribution in [0.4, 0.5) is 10.1 Å². The predicted molar refractivity (Wildman–Crippen MR) is 91.2 cm³/mol. The molecule has 1 aromatic rings. The van der Waals surface area contributed by atoms with Gasteiger partial charge in [-0.2, -0.15) is 0 Å². The molecule has 0 radical (unpaired) electrons. The molecule has 1 nitrogen and oxygen atoms in total. The second-order valence-electron chi connectivity index (χ2n) is 6.27. The topological polar surface area (TPSA) is 3.24 Å². The van der Waals surface area contributed by atoms with Crippen LogP contribution in [0.1, 0.15) is 2.85 Å². The summed E-state index contributed by atoms with van der Waals surface area (Å²) in [5.74, 6) is -0.113. The fourth-order valence-electron chi connectivity index (χ4n) is 2.39. The van der Waals surface area contributed by atoms with E-state index in [-0.39, 0.29) is 31.7 Å². The normalized spacial score (nSPS) is 12.0. The van der Waals surface area contributed by atoms with Crippen LogP contribution >= 0.6 is 15.9 Å². The maximum absolute atomic E-state index is 14.1. The molecule has 0 amide bonds. The van der Waals surface area contributed by atoms with E-state index in [1.54, 1.807) is 12.1 Å². The molecule has 0 aliphatic rings. The molecule has 1 aromatic carbocycles. The zero-order valence-corrected chi connectivity index (χ0v) is 17.1. The fourth-order valence-corrected chi connectivity index (χ4v) is 12.6. The quantitative estimate of drug-likeness (QED) is 0.692. The van der Waals surface area contributed by atoms with E-state index in [1.165, 1.54) is 0 Å². The minimum atomic E-state index is -1.58. The van der Waals surface area contributed by atoms with Gasteiger partial charge in [0.25, 0.3) is 0 Å². The minimum absolute atomic E-state index is 0. The average Bonchev–Trinajstić information content (AvgIpc) is 2.06. The molecule has 0 aliphatic heterocycles. The van der Waals surface area contributed by atoms with Gasteiger partial charge in [0, 0.05) is 4.47 Å². The fraction of sp³-hybridized carbons (Fsp3) is 0.500. The van der Waals surface area contributed by atoms with Gasteiger partial charge in [-0.25, -0.2) is 4.39 Å². The smallest absolute Gasteiger partial charge is 1.00 e. The summed E-state index contributed by atoms with van der Waals surface area (Å²) in [6.45, 7) is 13.6.